The van der Waals surface area contributed by atoms with Crippen LogP contribution in [0.3, 0.4) is 0 Å². The van der Waals surface area contributed by atoms with E-state index in [1.165, 1.54) is 42.5 Å². The fourth-order valence-electron chi connectivity index (χ4n) is 2.95. The first-order valence-corrected chi connectivity index (χ1v) is 8.61. The van der Waals surface area contributed by atoms with Crippen molar-refractivity contribution >= 4 is 34.8 Å². The number of carbonyl (C=O) groups excluding carboxylic acids is 3. The van der Waals surface area contributed by atoms with Crippen LogP contribution in [-0.2, 0) is 19.1 Å². The first-order chi connectivity index (χ1) is 13.9. The highest BCUT2D eigenvalue weighted by Crippen LogP contribution is 2.28. The van der Waals surface area contributed by atoms with Crippen molar-refractivity contribution in [3.8, 4) is 0 Å². The van der Waals surface area contributed by atoms with E-state index in [1.807, 2.05) is 0 Å². The van der Waals surface area contributed by atoms with Crippen molar-refractivity contribution in [2.45, 2.75) is 6.42 Å². The van der Waals surface area contributed by atoms with Crippen LogP contribution in [0.25, 0.3) is 0 Å². The van der Waals surface area contributed by atoms with Crippen molar-refractivity contribution in [3.05, 3.63) is 64.5 Å². The van der Waals surface area contributed by atoms with Crippen molar-refractivity contribution < 1.29 is 28.4 Å². The van der Waals surface area contributed by atoms with Gasteiger partial charge in [0, 0.05) is 19.0 Å². The van der Waals surface area contributed by atoms with Crippen LogP contribution in [0.1, 0.15) is 6.42 Å². The summed E-state index contributed by atoms with van der Waals surface area (Å²) >= 11 is 0. The average molecular weight is 401 g/mol. The summed E-state index contributed by atoms with van der Waals surface area (Å²) in [5.41, 5.74) is -0.253. The van der Waals surface area contributed by atoms with Crippen molar-refractivity contribution in [2.75, 3.05) is 23.4 Å². The highest BCUT2D eigenvalue weighted by molar-refractivity contribution is 6.00. The largest absolute Gasteiger partial charge is 0.455 e. The summed E-state index contributed by atoms with van der Waals surface area (Å²) in [6, 6.07) is 11.2. The molecule has 9 nitrogen and oxygen atoms in total. The Kier molecular flexibility index (Phi) is 5.82. The minimum atomic E-state index is -0.846. The van der Waals surface area contributed by atoms with Crippen LogP contribution in [0, 0.1) is 21.8 Å². The molecule has 0 aromatic heterocycles. The summed E-state index contributed by atoms with van der Waals surface area (Å²) < 4.78 is 18.8. The van der Waals surface area contributed by atoms with E-state index < -0.39 is 41.0 Å². The fourth-order valence-corrected chi connectivity index (χ4v) is 2.95. The maximum atomic E-state index is 13.9. The molecule has 1 N–H and O–H groups in total. The number of nitrogens with zero attached hydrogens (tertiary/aromatic N) is 2. The van der Waals surface area contributed by atoms with Crippen LogP contribution in [0.2, 0.25) is 0 Å². The van der Waals surface area contributed by atoms with Crippen LogP contribution >= 0.6 is 0 Å². The summed E-state index contributed by atoms with van der Waals surface area (Å²) in [7, 11) is 0. The van der Waals surface area contributed by atoms with Gasteiger partial charge >= 0.3 is 5.97 Å². The molecule has 0 aliphatic carbocycles. The van der Waals surface area contributed by atoms with Gasteiger partial charge < -0.3 is 15.0 Å². The Hall–Kier alpha value is -3.82. The van der Waals surface area contributed by atoms with Gasteiger partial charge in [0.2, 0.25) is 5.91 Å². The quantitative estimate of drug-likeness (QED) is 0.451. The number of anilines is 2. The molecule has 0 bridgehead atoms. The predicted octanol–water partition coefficient (Wildman–Crippen LogP) is 2.27. The van der Waals surface area contributed by atoms with Gasteiger partial charge in [-0.15, -0.1) is 0 Å². The third kappa shape index (κ3) is 4.54. The molecule has 0 unspecified atom stereocenters. The molecular weight excluding hydrogens is 385 g/mol. The first-order valence-electron chi connectivity index (χ1n) is 8.61. The number of nitro benzene ring substituents is 1. The Bertz CT molecular complexity index is 980. The second-order valence-corrected chi connectivity index (χ2v) is 6.29. The zero-order valence-electron chi connectivity index (χ0n) is 15.0. The molecule has 0 spiro atoms. The summed E-state index contributed by atoms with van der Waals surface area (Å²) in [6.07, 6.45) is -0.168. The lowest BCUT2D eigenvalue weighted by molar-refractivity contribution is -0.383. The van der Waals surface area contributed by atoms with Crippen molar-refractivity contribution in [1.82, 2.24) is 0 Å². The normalized spacial score (nSPS) is 15.8. The second-order valence-electron chi connectivity index (χ2n) is 6.29. The van der Waals surface area contributed by atoms with Crippen molar-refractivity contribution in [3.63, 3.8) is 0 Å². The van der Waals surface area contributed by atoms with Gasteiger partial charge in [0.25, 0.3) is 11.6 Å². The number of ether oxygens (including phenoxy) is 1. The Labute approximate surface area is 164 Å². The zero-order valence-corrected chi connectivity index (χ0v) is 15.0. The first kappa shape index (κ1) is 19.9. The molecule has 2 aromatic rings. The molecule has 1 heterocycles. The maximum Gasteiger partial charge on any atom is 0.311 e. The molecule has 1 fully saturated rings. The molecule has 10 heteroatoms. The van der Waals surface area contributed by atoms with Gasteiger partial charge in [-0.1, -0.05) is 24.3 Å². The Morgan fingerprint density at radius 2 is 1.90 bits per heavy atom. The number of halogens is 1. The minimum absolute atomic E-state index is 0.0275. The van der Waals surface area contributed by atoms with Gasteiger partial charge in [0.1, 0.15) is 11.5 Å². The Balaban J connectivity index is 1.56. The van der Waals surface area contributed by atoms with Crippen LogP contribution in [0.4, 0.5) is 21.5 Å². The molecule has 1 saturated heterocycles. The molecule has 2 aromatic carbocycles. The molecule has 150 valence electrons. The van der Waals surface area contributed by atoms with Crippen molar-refractivity contribution in [2.24, 2.45) is 5.92 Å². The van der Waals surface area contributed by atoms with Gasteiger partial charge in [-0.2, -0.15) is 0 Å². The second kappa shape index (κ2) is 8.46. The van der Waals surface area contributed by atoms with Crippen LogP contribution < -0.4 is 10.2 Å². The third-order valence-corrected chi connectivity index (χ3v) is 4.32. The van der Waals surface area contributed by atoms with E-state index in [-0.39, 0.29) is 30.0 Å². The van der Waals surface area contributed by atoms with Gasteiger partial charge in [0.15, 0.2) is 6.61 Å². The smallest absolute Gasteiger partial charge is 0.311 e. The Morgan fingerprint density at radius 1 is 1.21 bits per heavy atom. The molecule has 1 aliphatic rings. The van der Waals surface area contributed by atoms with E-state index in [2.05, 4.69) is 5.32 Å². The predicted molar refractivity (Wildman–Crippen MR) is 99.5 cm³/mol. The maximum absolute atomic E-state index is 13.9. The highest BCUT2D eigenvalue weighted by Gasteiger charge is 2.37. The zero-order chi connectivity index (χ0) is 21.0. The number of carbonyl (C=O) groups is 3. The van der Waals surface area contributed by atoms with Gasteiger partial charge in [0.05, 0.1) is 16.5 Å². The lowest BCUT2D eigenvalue weighted by atomic mass is 10.1. The van der Waals surface area contributed by atoms with E-state index in [9.17, 15) is 28.9 Å². The molecule has 1 aliphatic heterocycles. The number of benzene rings is 2. The van der Waals surface area contributed by atoms with Gasteiger partial charge in [-0.3, -0.25) is 24.5 Å². The summed E-state index contributed by atoms with van der Waals surface area (Å²) in [6.45, 7) is -0.736. The summed E-state index contributed by atoms with van der Waals surface area (Å²) in [5.74, 6) is -3.40. The van der Waals surface area contributed by atoms with Crippen molar-refractivity contribution in [1.29, 1.82) is 0 Å². The molecule has 1 atom stereocenters. The molecule has 0 radical (unpaired) electrons. The van der Waals surface area contributed by atoms with E-state index >= 15 is 0 Å². The van der Waals surface area contributed by atoms with Gasteiger partial charge in [-0.25, -0.2) is 4.39 Å². The number of para-hydroxylation sites is 3. The van der Waals surface area contributed by atoms with Crippen LogP contribution in [-0.4, -0.2) is 35.9 Å². The highest BCUT2D eigenvalue weighted by atomic mass is 19.1. The number of hydrogen-bond donors (Lipinski definition) is 1. The molecule has 29 heavy (non-hydrogen) atoms. The molecule has 0 saturated carbocycles. The fraction of sp³-hybridized carbons (Fsp3) is 0.211. The minimum Gasteiger partial charge on any atom is -0.455 e. The number of nitrogens with one attached hydrogen (secondary N) is 1. The van der Waals surface area contributed by atoms with Crippen LogP contribution in [0.15, 0.2) is 48.5 Å². The average Bonchev–Trinajstić information content (AvgIpc) is 3.08. The molecule has 2 amide bonds. The van der Waals surface area contributed by atoms with Crippen LogP contribution in [0.5, 0.6) is 0 Å². The van der Waals surface area contributed by atoms with E-state index in [0.29, 0.717) is 0 Å². The monoisotopic (exact) mass is 401 g/mol. The standard InChI is InChI=1S/C19H16FN3O6/c20-13-5-1-3-7-15(13)22-10-12(9-18(22)25)19(26)29-11-17(24)21-14-6-2-4-8-16(14)23(27)28/h1-8,12H,9-11H2,(H,21,24)/t12-/m0/s1. The number of nitro groups is 1. The van der Waals surface area contributed by atoms with E-state index in [1.54, 1.807) is 6.07 Å². The Morgan fingerprint density at radius 3 is 2.62 bits per heavy atom. The number of amides is 2. The molecular formula is C19H16FN3O6. The summed E-state index contributed by atoms with van der Waals surface area (Å²) in [5, 5.41) is 13.3. The SMILES string of the molecule is O=C(COC(=O)[C@H]1CC(=O)N(c2ccccc2F)C1)Nc1ccccc1[N+](=O)[O-]. The van der Waals surface area contributed by atoms with E-state index in [0.717, 1.165) is 4.90 Å². The number of hydrogen-bond acceptors (Lipinski definition) is 6. The third-order valence-electron chi connectivity index (χ3n) is 4.32. The van der Waals surface area contributed by atoms with Gasteiger partial charge in [-0.05, 0) is 18.2 Å². The molecule has 3 rings (SSSR count). The lowest BCUT2D eigenvalue weighted by Crippen LogP contribution is -2.28. The topological polar surface area (TPSA) is 119 Å². The summed E-state index contributed by atoms with van der Waals surface area (Å²) in [4.78, 5) is 47.8. The lowest BCUT2D eigenvalue weighted by Gasteiger charge is -2.17. The number of esters is 1. The van der Waals surface area contributed by atoms with E-state index in [4.69, 9.17) is 4.74 Å². The number of rotatable bonds is 6.